The van der Waals surface area contributed by atoms with E-state index in [1.54, 1.807) is 0 Å². The van der Waals surface area contributed by atoms with Gasteiger partial charge in [-0.15, -0.1) is 0 Å². The van der Waals surface area contributed by atoms with Gasteiger partial charge in [-0.25, -0.2) is 0 Å². The zero-order chi connectivity index (χ0) is 14.1. The Morgan fingerprint density at radius 2 is 1.85 bits per heavy atom. The van der Waals surface area contributed by atoms with E-state index in [-0.39, 0.29) is 11.9 Å². The van der Waals surface area contributed by atoms with Gasteiger partial charge in [0.15, 0.2) is 0 Å². The number of anilines is 1. The monoisotopic (exact) mass is 272 g/mol. The first kappa shape index (κ1) is 13.5. The number of amides is 1. The molecule has 0 saturated heterocycles. The molecule has 1 aromatic rings. The molecule has 0 spiro atoms. The quantitative estimate of drug-likeness (QED) is 0.869. The number of carbonyl (C=O) groups excluding carboxylic acids is 1. The molecule has 3 heteroatoms. The van der Waals surface area contributed by atoms with Gasteiger partial charge in [-0.1, -0.05) is 32.0 Å². The van der Waals surface area contributed by atoms with Crippen molar-refractivity contribution in [2.24, 2.45) is 11.8 Å². The molecule has 3 rings (SSSR count). The molecule has 1 saturated carbocycles. The Morgan fingerprint density at radius 3 is 2.55 bits per heavy atom. The molecule has 1 aliphatic carbocycles. The van der Waals surface area contributed by atoms with Crippen molar-refractivity contribution in [2.45, 2.75) is 51.6 Å². The number of nitrogens with one attached hydrogen (secondary N) is 2. The van der Waals surface area contributed by atoms with Crippen LogP contribution in [0.4, 0.5) is 5.69 Å². The van der Waals surface area contributed by atoms with Gasteiger partial charge in [0.1, 0.15) is 6.04 Å². The molecule has 1 aromatic carbocycles. The molecule has 2 unspecified atom stereocenters. The molecular formula is C17H24N2O. The number of para-hydroxylation sites is 1. The van der Waals surface area contributed by atoms with Crippen molar-refractivity contribution in [3.05, 3.63) is 29.8 Å². The van der Waals surface area contributed by atoms with E-state index >= 15 is 0 Å². The first-order chi connectivity index (χ1) is 9.61. The van der Waals surface area contributed by atoms with Crippen LogP contribution in [0.3, 0.4) is 0 Å². The Kier molecular flexibility index (Phi) is 3.68. The van der Waals surface area contributed by atoms with Crippen LogP contribution < -0.4 is 10.6 Å². The van der Waals surface area contributed by atoms with Crippen molar-refractivity contribution in [2.75, 3.05) is 5.32 Å². The molecule has 0 aromatic heterocycles. The van der Waals surface area contributed by atoms with Gasteiger partial charge in [0, 0.05) is 18.2 Å². The highest BCUT2D eigenvalue weighted by Crippen LogP contribution is 2.29. The molecule has 0 bridgehead atoms. The summed E-state index contributed by atoms with van der Waals surface area (Å²) in [5, 5.41) is 6.59. The van der Waals surface area contributed by atoms with E-state index in [0.29, 0.717) is 6.04 Å². The SMILES string of the molecule is CC1CC(C)CC(NC(=O)[C@@H]2Cc3ccccc3N2)C1. The molecular weight excluding hydrogens is 248 g/mol. The van der Waals surface area contributed by atoms with Crippen molar-refractivity contribution in [1.29, 1.82) is 0 Å². The van der Waals surface area contributed by atoms with Crippen molar-refractivity contribution in [1.82, 2.24) is 5.32 Å². The minimum absolute atomic E-state index is 0.0973. The molecule has 2 aliphatic rings. The zero-order valence-corrected chi connectivity index (χ0v) is 12.4. The van der Waals surface area contributed by atoms with E-state index in [2.05, 4.69) is 30.5 Å². The van der Waals surface area contributed by atoms with Gasteiger partial charge in [-0.3, -0.25) is 4.79 Å². The highest BCUT2D eigenvalue weighted by molar-refractivity contribution is 5.87. The molecule has 108 valence electrons. The van der Waals surface area contributed by atoms with Crippen molar-refractivity contribution < 1.29 is 4.79 Å². The summed E-state index contributed by atoms with van der Waals surface area (Å²) in [7, 11) is 0. The second-order valence-electron chi connectivity index (χ2n) is 6.68. The summed E-state index contributed by atoms with van der Waals surface area (Å²) in [5.74, 6) is 1.60. The number of hydrogen-bond acceptors (Lipinski definition) is 2. The third-order valence-corrected chi connectivity index (χ3v) is 4.61. The smallest absolute Gasteiger partial charge is 0.243 e. The van der Waals surface area contributed by atoms with Crippen molar-refractivity contribution in [3.8, 4) is 0 Å². The van der Waals surface area contributed by atoms with Crippen LogP contribution >= 0.6 is 0 Å². The lowest BCUT2D eigenvalue weighted by Crippen LogP contribution is -2.46. The summed E-state index contributed by atoms with van der Waals surface area (Å²) < 4.78 is 0. The summed E-state index contributed by atoms with van der Waals surface area (Å²) in [6, 6.07) is 8.45. The fraction of sp³-hybridized carbons (Fsp3) is 0.588. The average molecular weight is 272 g/mol. The van der Waals surface area contributed by atoms with Crippen LogP contribution in [0.15, 0.2) is 24.3 Å². The van der Waals surface area contributed by atoms with E-state index in [4.69, 9.17) is 0 Å². The van der Waals surface area contributed by atoms with Crippen LogP contribution in [0, 0.1) is 11.8 Å². The van der Waals surface area contributed by atoms with Gasteiger partial charge in [0.2, 0.25) is 5.91 Å². The third kappa shape index (κ3) is 2.82. The Morgan fingerprint density at radius 1 is 1.15 bits per heavy atom. The molecule has 1 heterocycles. The second kappa shape index (κ2) is 5.47. The average Bonchev–Trinajstić information content (AvgIpc) is 2.81. The van der Waals surface area contributed by atoms with Crippen LogP contribution in [-0.2, 0) is 11.2 Å². The Labute approximate surface area is 121 Å². The van der Waals surface area contributed by atoms with Gasteiger partial charge in [-0.05, 0) is 42.7 Å². The summed E-state index contributed by atoms with van der Waals surface area (Å²) >= 11 is 0. The summed E-state index contributed by atoms with van der Waals surface area (Å²) in [4.78, 5) is 12.4. The lowest BCUT2D eigenvalue weighted by atomic mass is 9.80. The Balaban J connectivity index is 1.58. The van der Waals surface area contributed by atoms with Gasteiger partial charge in [-0.2, -0.15) is 0 Å². The molecule has 20 heavy (non-hydrogen) atoms. The predicted molar refractivity (Wildman–Crippen MR) is 81.7 cm³/mol. The first-order valence-electron chi connectivity index (χ1n) is 7.76. The molecule has 3 atom stereocenters. The lowest BCUT2D eigenvalue weighted by molar-refractivity contribution is -0.122. The molecule has 3 nitrogen and oxygen atoms in total. The number of hydrogen-bond donors (Lipinski definition) is 2. The number of fused-ring (bicyclic) bond motifs is 1. The van der Waals surface area contributed by atoms with Crippen LogP contribution in [0.1, 0.15) is 38.7 Å². The minimum atomic E-state index is -0.0973. The molecule has 0 radical (unpaired) electrons. The highest BCUT2D eigenvalue weighted by Gasteiger charge is 2.30. The van der Waals surface area contributed by atoms with Crippen LogP contribution in [0.5, 0.6) is 0 Å². The summed E-state index contributed by atoms with van der Waals surface area (Å²) in [5.41, 5.74) is 2.36. The molecule has 1 amide bonds. The van der Waals surface area contributed by atoms with Gasteiger partial charge in [0.25, 0.3) is 0 Å². The van der Waals surface area contributed by atoms with Gasteiger partial charge in [0.05, 0.1) is 0 Å². The lowest BCUT2D eigenvalue weighted by Gasteiger charge is -2.32. The number of rotatable bonds is 2. The van der Waals surface area contributed by atoms with E-state index in [0.717, 1.165) is 36.8 Å². The summed E-state index contributed by atoms with van der Waals surface area (Å²) in [6.45, 7) is 4.58. The van der Waals surface area contributed by atoms with E-state index in [1.807, 2.05) is 18.2 Å². The maximum atomic E-state index is 12.4. The Bertz CT molecular complexity index is 465. The van der Waals surface area contributed by atoms with E-state index in [1.165, 1.54) is 12.0 Å². The third-order valence-electron chi connectivity index (χ3n) is 4.61. The Hall–Kier alpha value is -1.51. The van der Waals surface area contributed by atoms with E-state index < -0.39 is 0 Å². The van der Waals surface area contributed by atoms with Crippen LogP contribution in [0.2, 0.25) is 0 Å². The normalized spacial score (nSPS) is 32.3. The van der Waals surface area contributed by atoms with Crippen LogP contribution in [0.25, 0.3) is 0 Å². The molecule has 2 N–H and O–H groups in total. The topological polar surface area (TPSA) is 41.1 Å². The minimum Gasteiger partial charge on any atom is -0.373 e. The second-order valence-corrected chi connectivity index (χ2v) is 6.68. The number of benzene rings is 1. The van der Waals surface area contributed by atoms with Crippen molar-refractivity contribution in [3.63, 3.8) is 0 Å². The van der Waals surface area contributed by atoms with Crippen LogP contribution in [-0.4, -0.2) is 18.0 Å². The molecule has 1 aliphatic heterocycles. The molecule has 1 fully saturated rings. The standard InChI is InChI=1S/C17H24N2O/c1-11-7-12(2)9-14(8-11)18-17(20)16-10-13-5-3-4-6-15(13)19-16/h3-6,11-12,14,16,19H,7-10H2,1-2H3,(H,18,20)/t11?,12?,14?,16-/m0/s1. The fourth-order valence-corrected chi connectivity index (χ4v) is 3.82. The first-order valence-corrected chi connectivity index (χ1v) is 7.76. The highest BCUT2D eigenvalue weighted by atomic mass is 16.2. The maximum Gasteiger partial charge on any atom is 0.243 e. The predicted octanol–water partition coefficient (Wildman–Crippen LogP) is 2.96. The summed E-state index contributed by atoms with van der Waals surface area (Å²) in [6.07, 6.45) is 4.34. The van der Waals surface area contributed by atoms with E-state index in [9.17, 15) is 4.79 Å². The van der Waals surface area contributed by atoms with Gasteiger partial charge < -0.3 is 10.6 Å². The maximum absolute atomic E-state index is 12.4. The fourth-order valence-electron chi connectivity index (χ4n) is 3.82. The van der Waals surface area contributed by atoms with Crippen molar-refractivity contribution >= 4 is 11.6 Å². The largest absolute Gasteiger partial charge is 0.373 e. The van der Waals surface area contributed by atoms with Gasteiger partial charge >= 0.3 is 0 Å². The number of carbonyl (C=O) groups is 1. The zero-order valence-electron chi connectivity index (χ0n) is 12.4.